The Morgan fingerprint density at radius 2 is 1.81 bits per heavy atom. The average molecular weight is 445 g/mol. The summed E-state index contributed by atoms with van der Waals surface area (Å²) in [7, 11) is -3.40. The van der Waals surface area contributed by atoms with Crippen molar-refractivity contribution in [3.05, 3.63) is 29.8 Å². The molecule has 0 radical (unpaired) electrons. The Hall–Kier alpha value is -1.62. The van der Waals surface area contributed by atoms with Crippen molar-refractivity contribution < 1.29 is 32.2 Å². The predicted octanol–water partition coefficient (Wildman–Crippen LogP) is 2.15. The molecule has 0 spiro atoms. The van der Waals surface area contributed by atoms with E-state index >= 15 is 0 Å². The number of halogens is 3. The first-order valence-corrected chi connectivity index (χ1v) is 10.4. The van der Waals surface area contributed by atoms with Gasteiger partial charge in [-0.05, 0) is 30.5 Å². The number of hydrogen-bond acceptors (Lipinski definition) is 6. The topological polar surface area (TPSA) is 136 Å². The second-order valence-electron chi connectivity index (χ2n) is 5.64. The van der Waals surface area contributed by atoms with Crippen molar-refractivity contribution in [3.63, 3.8) is 0 Å². The molecule has 1 aromatic rings. The predicted molar refractivity (Wildman–Crippen MR) is 97.1 cm³/mol. The molecule has 0 aliphatic heterocycles. The van der Waals surface area contributed by atoms with Crippen molar-refractivity contribution in [2.24, 2.45) is 5.73 Å². The van der Waals surface area contributed by atoms with Crippen molar-refractivity contribution in [1.82, 2.24) is 5.32 Å². The van der Waals surface area contributed by atoms with Gasteiger partial charge < -0.3 is 20.9 Å². The molecule has 152 valence electrons. The quantitative estimate of drug-likeness (QED) is 0.301. The first-order chi connectivity index (χ1) is 12.4. The second kappa shape index (κ2) is 10.1. The Morgan fingerprint density at radius 1 is 1.26 bits per heavy atom. The smallest absolute Gasteiger partial charge is 0.450 e. The number of amides is 1. The molecule has 0 heterocycles. The van der Waals surface area contributed by atoms with E-state index < -0.39 is 45.2 Å². The molecular formula is C15H19Cl2FN2O6S. The van der Waals surface area contributed by atoms with Crippen molar-refractivity contribution in [3.8, 4) is 0 Å². The molecule has 27 heavy (non-hydrogen) atoms. The summed E-state index contributed by atoms with van der Waals surface area (Å²) in [5.74, 6) is -0.849. The van der Waals surface area contributed by atoms with E-state index in [0.717, 1.165) is 6.26 Å². The molecule has 0 aliphatic rings. The second-order valence-corrected chi connectivity index (χ2v) is 8.76. The number of nitrogens with one attached hydrogen (secondary N) is 1. The Morgan fingerprint density at radius 3 is 2.26 bits per heavy atom. The Labute approximate surface area is 165 Å². The number of carbonyl (C=O) groups is 2. The van der Waals surface area contributed by atoms with Crippen LogP contribution in [0.5, 0.6) is 0 Å². The first-order valence-electron chi connectivity index (χ1n) is 7.59. The van der Waals surface area contributed by atoms with Crippen molar-refractivity contribution in [1.29, 1.82) is 0 Å². The zero-order valence-electron chi connectivity index (χ0n) is 14.1. The van der Waals surface area contributed by atoms with Crippen LogP contribution in [-0.4, -0.2) is 48.9 Å². The number of alkyl halides is 3. The lowest BCUT2D eigenvalue weighted by Gasteiger charge is -2.24. The van der Waals surface area contributed by atoms with E-state index in [1.165, 1.54) is 24.3 Å². The average Bonchev–Trinajstić information content (AvgIpc) is 2.57. The summed E-state index contributed by atoms with van der Waals surface area (Å²) in [6, 6.07) is 5.19. The number of carboxylic acid groups (broad SMARTS) is 1. The number of sulfone groups is 1. The molecule has 0 aliphatic carbocycles. The van der Waals surface area contributed by atoms with Gasteiger partial charge in [0.2, 0.25) is 0 Å². The Bertz CT molecular complexity index is 760. The van der Waals surface area contributed by atoms with Gasteiger partial charge in [-0.1, -0.05) is 35.3 Å². The number of carbonyl (C=O) groups excluding carboxylic acids is 1. The van der Waals surface area contributed by atoms with Gasteiger partial charge in [-0.2, -0.15) is 0 Å². The van der Waals surface area contributed by atoms with Crippen LogP contribution in [0.2, 0.25) is 0 Å². The van der Waals surface area contributed by atoms with Gasteiger partial charge in [-0.15, -0.1) is 0 Å². The molecule has 8 nitrogen and oxygen atoms in total. The van der Waals surface area contributed by atoms with Crippen LogP contribution in [0.1, 0.15) is 24.6 Å². The zero-order chi connectivity index (χ0) is 20.8. The maximum Gasteiger partial charge on any atom is 0.506 e. The first kappa shape index (κ1) is 23.4. The lowest BCUT2D eigenvalue weighted by Crippen LogP contribution is -2.52. The van der Waals surface area contributed by atoms with Gasteiger partial charge >= 0.3 is 6.16 Å². The number of hydrogen-bond donors (Lipinski definition) is 3. The van der Waals surface area contributed by atoms with Gasteiger partial charge in [0.15, 0.2) is 14.7 Å². The largest absolute Gasteiger partial charge is 0.506 e. The summed E-state index contributed by atoms with van der Waals surface area (Å²) in [5.41, 5.74) is 5.88. The molecule has 1 aromatic carbocycles. The lowest BCUT2D eigenvalue weighted by atomic mass is 10.0. The SMILES string of the molecule is CS(=O)(=O)c1ccc(C(F)CC[C@@H](OC(=O)O)[C@@H](N)NC(=O)C(Cl)Cl)cc1. The van der Waals surface area contributed by atoms with Crippen LogP contribution in [0, 0.1) is 0 Å². The zero-order valence-corrected chi connectivity index (χ0v) is 16.5. The fraction of sp³-hybridized carbons (Fsp3) is 0.467. The third-order valence-corrected chi connectivity index (χ3v) is 5.06. The molecule has 3 atom stereocenters. The van der Waals surface area contributed by atoms with Crippen LogP contribution < -0.4 is 11.1 Å². The van der Waals surface area contributed by atoms with Gasteiger partial charge in [0.25, 0.3) is 5.91 Å². The summed E-state index contributed by atoms with van der Waals surface area (Å²) >= 11 is 10.7. The van der Waals surface area contributed by atoms with E-state index in [1.54, 1.807) is 0 Å². The third-order valence-electron chi connectivity index (χ3n) is 3.53. The maximum absolute atomic E-state index is 14.4. The van der Waals surface area contributed by atoms with E-state index in [-0.39, 0.29) is 23.3 Å². The van der Waals surface area contributed by atoms with Crippen LogP contribution in [0.3, 0.4) is 0 Å². The Balaban J connectivity index is 2.76. The van der Waals surface area contributed by atoms with Crippen LogP contribution in [0.25, 0.3) is 0 Å². The van der Waals surface area contributed by atoms with Gasteiger partial charge in [-0.25, -0.2) is 17.6 Å². The highest BCUT2D eigenvalue weighted by molar-refractivity contribution is 7.90. The number of nitrogens with two attached hydrogens (primary N) is 1. The van der Waals surface area contributed by atoms with E-state index in [2.05, 4.69) is 10.1 Å². The minimum atomic E-state index is -3.40. The third kappa shape index (κ3) is 7.87. The minimum absolute atomic E-state index is 0.0481. The highest BCUT2D eigenvalue weighted by Crippen LogP contribution is 2.25. The van der Waals surface area contributed by atoms with Gasteiger partial charge in [-0.3, -0.25) is 4.79 Å². The molecule has 0 saturated carbocycles. The fourth-order valence-corrected chi connectivity index (χ4v) is 2.92. The van der Waals surface area contributed by atoms with Crippen molar-refractivity contribution >= 4 is 45.1 Å². The highest BCUT2D eigenvalue weighted by Gasteiger charge is 2.27. The van der Waals surface area contributed by atoms with E-state index in [1.807, 2.05) is 0 Å². The van der Waals surface area contributed by atoms with E-state index in [4.69, 9.17) is 34.0 Å². The molecule has 1 unspecified atom stereocenters. The maximum atomic E-state index is 14.4. The fourth-order valence-electron chi connectivity index (χ4n) is 2.16. The van der Waals surface area contributed by atoms with E-state index in [9.17, 15) is 22.4 Å². The summed E-state index contributed by atoms with van der Waals surface area (Å²) in [6.45, 7) is 0. The number of ether oxygens (including phenoxy) is 1. The lowest BCUT2D eigenvalue weighted by molar-refractivity contribution is -0.121. The van der Waals surface area contributed by atoms with Crippen molar-refractivity contribution in [2.75, 3.05) is 6.26 Å². The number of benzene rings is 1. The minimum Gasteiger partial charge on any atom is -0.450 e. The number of rotatable bonds is 9. The monoisotopic (exact) mass is 444 g/mol. The molecular weight excluding hydrogens is 426 g/mol. The van der Waals surface area contributed by atoms with Crippen LogP contribution >= 0.6 is 23.2 Å². The molecule has 4 N–H and O–H groups in total. The standard InChI is InChI=1S/C15H19Cl2FN2O6S/c1-27(24,25)9-4-2-8(3-5-9)10(18)6-7-11(26-15(22)23)13(19)20-14(21)12(16)17/h2-5,10-13H,6-7,19H2,1H3,(H,20,21)(H,22,23)/t10?,11-,13+/m1/s1. The van der Waals surface area contributed by atoms with Gasteiger partial charge in [0.05, 0.1) is 4.90 Å². The molecule has 1 amide bonds. The molecule has 12 heteroatoms. The van der Waals surface area contributed by atoms with Gasteiger partial charge in [0.1, 0.15) is 18.4 Å². The van der Waals surface area contributed by atoms with Crippen LogP contribution in [-0.2, 0) is 19.4 Å². The summed E-state index contributed by atoms with van der Waals surface area (Å²) in [5, 5.41) is 10.9. The van der Waals surface area contributed by atoms with Gasteiger partial charge in [0, 0.05) is 6.26 Å². The molecule has 0 bridgehead atoms. The summed E-state index contributed by atoms with van der Waals surface area (Å²) in [6.07, 6.45) is -5.02. The molecule has 0 fully saturated rings. The van der Waals surface area contributed by atoms with Crippen molar-refractivity contribution in [2.45, 2.75) is 41.0 Å². The molecule has 1 rings (SSSR count). The van der Waals surface area contributed by atoms with E-state index in [0.29, 0.717) is 0 Å². The highest BCUT2D eigenvalue weighted by atomic mass is 35.5. The normalized spacial score (nSPS) is 15.0. The molecule has 0 aromatic heterocycles. The van der Waals surface area contributed by atoms with Crippen LogP contribution in [0.15, 0.2) is 29.2 Å². The molecule has 0 saturated heterocycles. The summed E-state index contributed by atoms with van der Waals surface area (Å²) in [4.78, 5) is 20.9. The summed E-state index contributed by atoms with van der Waals surface area (Å²) < 4.78 is 41.8. The van der Waals surface area contributed by atoms with Crippen LogP contribution in [0.4, 0.5) is 9.18 Å². The Kier molecular flexibility index (Phi) is 8.73.